The molecule has 1 aromatic carbocycles. The molecule has 0 saturated carbocycles. The molecule has 1 aliphatic heterocycles. The van der Waals surface area contributed by atoms with Crippen molar-refractivity contribution in [1.82, 2.24) is 5.32 Å². The van der Waals surface area contributed by atoms with Gasteiger partial charge in [-0.3, -0.25) is 9.59 Å². The molecule has 0 spiro atoms. The van der Waals surface area contributed by atoms with Crippen LogP contribution in [-0.2, 0) is 9.59 Å². The molecule has 0 aliphatic carbocycles. The van der Waals surface area contributed by atoms with Crippen molar-refractivity contribution < 1.29 is 14.7 Å². The number of nitrogens with zero attached hydrogens (tertiary/aromatic N) is 1. The third kappa shape index (κ3) is 3.01. The summed E-state index contributed by atoms with van der Waals surface area (Å²) in [7, 11) is 0. The van der Waals surface area contributed by atoms with Crippen LogP contribution in [0.2, 0.25) is 0 Å². The molecule has 2 rings (SSSR count). The molecule has 6 heteroatoms. The van der Waals surface area contributed by atoms with Gasteiger partial charge in [0.05, 0.1) is 24.7 Å². The second-order valence-electron chi connectivity index (χ2n) is 4.19. The van der Waals surface area contributed by atoms with Gasteiger partial charge < -0.3 is 15.3 Å². The van der Waals surface area contributed by atoms with Crippen molar-refractivity contribution in [3.63, 3.8) is 0 Å². The average Bonchev–Trinajstić information content (AvgIpc) is 2.27. The quantitative estimate of drug-likeness (QED) is 0.880. The van der Waals surface area contributed by atoms with Gasteiger partial charge in [-0.1, -0.05) is 12.1 Å². The number of nitrogens with one attached hydrogen (secondary N) is 1. The molecule has 1 heterocycles. The number of hydrogen-bond acceptors (Lipinski definition) is 3. The van der Waals surface area contributed by atoms with Crippen LogP contribution in [0.1, 0.15) is 6.42 Å². The summed E-state index contributed by atoms with van der Waals surface area (Å²) in [5.74, 6) is -1.06. The first-order valence-corrected chi connectivity index (χ1v) is 6.36. The minimum absolute atomic E-state index is 0.0628. The lowest BCUT2D eigenvalue weighted by molar-refractivity contribution is -0.137. The van der Waals surface area contributed by atoms with E-state index in [2.05, 4.69) is 21.2 Å². The fraction of sp³-hybridized carbons (Fsp3) is 0.333. The van der Waals surface area contributed by atoms with Crippen LogP contribution < -0.4 is 10.2 Å². The van der Waals surface area contributed by atoms with Gasteiger partial charge in [-0.25, -0.2) is 0 Å². The number of para-hydroxylation sites is 1. The van der Waals surface area contributed by atoms with Crippen LogP contribution in [0.4, 0.5) is 5.69 Å². The van der Waals surface area contributed by atoms with Crippen LogP contribution >= 0.6 is 15.9 Å². The van der Waals surface area contributed by atoms with Gasteiger partial charge in [-0.2, -0.15) is 0 Å². The van der Waals surface area contributed by atoms with Crippen molar-refractivity contribution in [2.75, 3.05) is 18.0 Å². The van der Waals surface area contributed by atoms with E-state index in [-0.39, 0.29) is 24.9 Å². The van der Waals surface area contributed by atoms with E-state index in [1.807, 2.05) is 29.2 Å². The molecule has 1 aliphatic rings. The SMILES string of the molecule is O=C(O)CC1CN(c2ccccc2Br)CC(=O)N1. The molecule has 1 unspecified atom stereocenters. The van der Waals surface area contributed by atoms with Gasteiger partial charge in [-0.05, 0) is 28.1 Å². The van der Waals surface area contributed by atoms with E-state index >= 15 is 0 Å². The fourth-order valence-corrected chi connectivity index (χ4v) is 2.58. The summed E-state index contributed by atoms with van der Waals surface area (Å²) >= 11 is 3.43. The number of anilines is 1. The third-order valence-corrected chi connectivity index (χ3v) is 3.43. The summed E-state index contributed by atoms with van der Waals surface area (Å²) in [6, 6.07) is 7.23. The molecule has 5 nitrogen and oxygen atoms in total. The van der Waals surface area contributed by atoms with Crippen molar-refractivity contribution in [2.24, 2.45) is 0 Å². The summed E-state index contributed by atoms with van der Waals surface area (Å²) in [5.41, 5.74) is 0.905. The van der Waals surface area contributed by atoms with E-state index in [4.69, 9.17) is 5.11 Å². The number of carbonyl (C=O) groups is 2. The van der Waals surface area contributed by atoms with Crippen molar-refractivity contribution in [2.45, 2.75) is 12.5 Å². The Morgan fingerprint density at radius 2 is 2.22 bits per heavy atom. The van der Waals surface area contributed by atoms with Crippen LogP contribution in [-0.4, -0.2) is 36.1 Å². The number of halogens is 1. The molecule has 0 bridgehead atoms. The molecule has 1 aromatic rings. The molecule has 0 aromatic heterocycles. The maximum atomic E-state index is 11.6. The summed E-state index contributed by atoms with van der Waals surface area (Å²) in [4.78, 5) is 24.2. The molecule has 1 saturated heterocycles. The zero-order valence-corrected chi connectivity index (χ0v) is 11.2. The van der Waals surface area contributed by atoms with E-state index in [0.29, 0.717) is 6.54 Å². The first-order valence-electron chi connectivity index (χ1n) is 5.57. The minimum atomic E-state index is -0.908. The number of piperazine rings is 1. The largest absolute Gasteiger partial charge is 0.481 e. The highest BCUT2D eigenvalue weighted by atomic mass is 79.9. The van der Waals surface area contributed by atoms with E-state index in [0.717, 1.165) is 10.2 Å². The first-order chi connectivity index (χ1) is 8.56. The molecular weight excluding hydrogens is 300 g/mol. The molecule has 1 fully saturated rings. The Hall–Kier alpha value is -1.56. The van der Waals surface area contributed by atoms with Crippen LogP contribution in [0.5, 0.6) is 0 Å². The highest BCUT2D eigenvalue weighted by molar-refractivity contribution is 9.10. The summed E-state index contributed by atoms with van der Waals surface area (Å²) < 4.78 is 0.897. The second kappa shape index (κ2) is 5.39. The lowest BCUT2D eigenvalue weighted by atomic mass is 10.1. The van der Waals surface area contributed by atoms with Crippen molar-refractivity contribution in [3.05, 3.63) is 28.7 Å². The molecular formula is C12H13BrN2O3. The topological polar surface area (TPSA) is 69.6 Å². The summed E-state index contributed by atoms with van der Waals surface area (Å²) in [5, 5.41) is 11.5. The van der Waals surface area contributed by atoms with Crippen LogP contribution in [0.15, 0.2) is 28.7 Å². The smallest absolute Gasteiger partial charge is 0.305 e. The van der Waals surface area contributed by atoms with E-state index in [1.165, 1.54) is 0 Å². The van der Waals surface area contributed by atoms with Gasteiger partial charge in [0, 0.05) is 11.0 Å². The molecule has 18 heavy (non-hydrogen) atoms. The normalized spacial score (nSPS) is 19.5. The Kier molecular flexibility index (Phi) is 3.86. The Balaban J connectivity index is 2.16. The van der Waals surface area contributed by atoms with Crippen molar-refractivity contribution in [3.8, 4) is 0 Å². The van der Waals surface area contributed by atoms with Crippen molar-refractivity contribution >= 4 is 33.5 Å². The molecule has 2 N–H and O–H groups in total. The van der Waals surface area contributed by atoms with Gasteiger partial charge in [0.1, 0.15) is 0 Å². The van der Waals surface area contributed by atoms with Gasteiger partial charge in [0.15, 0.2) is 0 Å². The Labute approximate surface area is 113 Å². The zero-order valence-electron chi connectivity index (χ0n) is 9.60. The molecule has 0 radical (unpaired) electrons. The van der Waals surface area contributed by atoms with Crippen LogP contribution in [0.25, 0.3) is 0 Å². The Morgan fingerprint density at radius 1 is 1.50 bits per heavy atom. The maximum absolute atomic E-state index is 11.6. The van der Waals surface area contributed by atoms with Gasteiger partial charge >= 0.3 is 5.97 Å². The van der Waals surface area contributed by atoms with Crippen LogP contribution in [0.3, 0.4) is 0 Å². The number of benzene rings is 1. The van der Waals surface area contributed by atoms with Crippen LogP contribution in [0, 0.1) is 0 Å². The number of rotatable bonds is 3. The monoisotopic (exact) mass is 312 g/mol. The second-order valence-corrected chi connectivity index (χ2v) is 5.05. The lowest BCUT2D eigenvalue weighted by Crippen LogP contribution is -2.55. The highest BCUT2D eigenvalue weighted by Gasteiger charge is 2.27. The first kappa shape index (κ1) is 12.9. The predicted molar refractivity (Wildman–Crippen MR) is 70.5 cm³/mol. The molecule has 1 amide bonds. The van der Waals surface area contributed by atoms with Gasteiger partial charge in [-0.15, -0.1) is 0 Å². The minimum Gasteiger partial charge on any atom is -0.481 e. The number of carboxylic acid groups (broad SMARTS) is 1. The predicted octanol–water partition coefficient (Wildman–Crippen LogP) is 1.23. The molecule has 96 valence electrons. The fourth-order valence-electron chi connectivity index (χ4n) is 2.04. The van der Waals surface area contributed by atoms with Crippen molar-refractivity contribution in [1.29, 1.82) is 0 Å². The number of amides is 1. The Morgan fingerprint density at radius 3 is 2.89 bits per heavy atom. The number of carbonyl (C=O) groups excluding carboxylic acids is 1. The standard InChI is InChI=1S/C12H13BrN2O3/c13-9-3-1-2-4-10(9)15-6-8(5-12(17)18)14-11(16)7-15/h1-4,8H,5-7H2,(H,14,16)(H,17,18). The van der Waals surface area contributed by atoms with Gasteiger partial charge in [0.25, 0.3) is 0 Å². The molecule has 1 atom stereocenters. The average molecular weight is 313 g/mol. The zero-order chi connectivity index (χ0) is 13.1. The summed E-state index contributed by atoms with van der Waals surface area (Å²) in [6.45, 7) is 0.749. The number of carboxylic acids is 1. The third-order valence-electron chi connectivity index (χ3n) is 2.75. The maximum Gasteiger partial charge on any atom is 0.305 e. The highest BCUT2D eigenvalue weighted by Crippen LogP contribution is 2.26. The van der Waals surface area contributed by atoms with E-state index < -0.39 is 5.97 Å². The Bertz CT molecular complexity index is 476. The number of aliphatic carboxylic acids is 1. The van der Waals surface area contributed by atoms with E-state index in [1.54, 1.807) is 0 Å². The summed E-state index contributed by atoms with van der Waals surface area (Å²) in [6.07, 6.45) is -0.0628. The number of hydrogen-bond donors (Lipinski definition) is 2. The van der Waals surface area contributed by atoms with E-state index in [9.17, 15) is 9.59 Å². The lowest BCUT2D eigenvalue weighted by Gasteiger charge is -2.34. The van der Waals surface area contributed by atoms with Gasteiger partial charge in [0.2, 0.25) is 5.91 Å².